The van der Waals surface area contributed by atoms with Crippen molar-refractivity contribution in [2.45, 2.75) is 36.8 Å². The van der Waals surface area contributed by atoms with E-state index in [4.69, 9.17) is 14.2 Å². The van der Waals surface area contributed by atoms with Crippen LogP contribution in [0.2, 0.25) is 0 Å². The minimum atomic E-state index is -3.66. The Morgan fingerprint density at radius 1 is 1.19 bits per heavy atom. The minimum Gasteiger partial charge on any atom is -0.491 e. The predicted molar refractivity (Wildman–Crippen MR) is 111 cm³/mol. The summed E-state index contributed by atoms with van der Waals surface area (Å²) in [7, 11) is -3.66. The summed E-state index contributed by atoms with van der Waals surface area (Å²) >= 11 is 0. The number of aliphatic hydroxyl groups excluding tert-OH is 1. The number of aryl methyl sites for hydroxylation is 1. The molecule has 0 saturated heterocycles. The molecular formula is C21H24N2O7S. The summed E-state index contributed by atoms with van der Waals surface area (Å²) in [5.41, 5.74) is 0.872. The van der Waals surface area contributed by atoms with E-state index in [9.17, 15) is 18.3 Å². The van der Waals surface area contributed by atoms with E-state index in [-0.39, 0.29) is 36.4 Å². The number of aliphatic hydroxyl groups is 1. The Kier molecular flexibility index (Phi) is 6.03. The second-order valence-electron chi connectivity index (χ2n) is 7.56. The first-order valence-electron chi connectivity index (χ1n) is 9.93. The molecule has 2 aromatic carbocycles. The standard InChI is InChI=1S/C21H24N2O7S/c1-13-2-6-17(31(26,27)23-14-3-4-14)9-18(13)21(25)22-10-15(24)11-28-16-5-7-19-20(8-16)30-12-29-19/h2,5-9,14-15,23-24H,3-4,10-12H2,1H3,(H,22,25). The van der Waals surface area contributed by atoms with E-state index in [0.29, 0.717) is 22.8 Å². The van der Waals surface area contributed by atoms with Gasteiger partial charge in [0, 0.05) is 24.2 Å². The zero-order chi connectivity index (χ0) is 22.0. The summed E-state index contributed by atoms with van der Waals surface area (Å²) in [5, 5.41) is 12.8. The molecule has 0 aromatic heterocycles. The number of hydrogen-bond donors (Lipinski definition) is 3. The van der Waals surface area contributed by atoms with Crippen molar-refractivity contribution in [1.82, 2.24) is 10.0 Å². The molecule has 4 rings (SSSR count). The lowest BCUT2D eigenvalue weighted by Crippen LogP contribution is -2.35. The van der Waals surface area contributed by atoms with E-state index in [1.165, 1.54) is 12.1 Å². The number of benzene rings is 2. The third-order valence-electron chi connectivity index (χ3n) is 4.95. The number of ether oxygens (including phenoxy) is 3. The normalized spacial score (nSPS) is 16.1. The molecule has 1 atom stereocenters. The molecule has 2 aliphatic rings. The Morgan fingerprint density at radius 3 is 2.74 bits per heavy atom. The van der Waals surface area contributed by atoms with Crippen LogP contribution in [-0.2, 0) is 10.0 Å². The van der Waals surface area contributed by atoms with Crippen molar-refractivity contribution in [2.75, 3.05) is 19.9 Å². The molecule has 2 aromatic rings. The maximum Gasteiger partial charge on any atom is 0.251 e. The van der Waals surface area contributed by atoms with Gasteiger partial charge in [-0.15, -0.1) is 0 Å². The van der Waals surface area contributed by atoms with Crippen molar-refractivity contribution >= 4 is 15.9 Å². The number of hydrogen-bond acceptors (Lipinski definition) is 7. The topological polar surface area (TPSA) is 123 Å². The van der Waals surface area contributed by atoms with E-state index < -0.39 is 22.0 Å². The van der Waals surface area contributed by atoms with Gasteiger partial charge in [0.25, 0.3) is 5.91 Å². The van der Waals surface area contributed by atoms with E-state index in [1.807, 2.05) is 0 Å². The van der Waals surface area contributed by atoms with Gasteiger partial charge in [-0.1, -0.05) is 6.07 Å². The van der Waals surface area contributed by atoms with Crippen molar-refractivity contribution in [3.05, 3.63) is 47.5 Å². The summed E-state index contributed by atoms with van der Waals surface area (Å²) < 4.78 is 43.5. The van der Waals surface area contributed by atoms with Crippen LogP contribution in [0.4, 0.5) is 0 Å². The molecule has 166 valence electrons. The quantitative estimate of drug-likeness (QED) is 0.529. The van der Waals surface area contributed by atoms with Gasteiger partial charge in [-0.2, -0.15) is 0 Å². The van der Waals surface area contributed by atoms with Crippen LogP contribution < -0.4 is 24.2 Å². The minimum absolute atomic E-state index is 0.0245. The third kappa shape index (κ3) is 5.27. The first-order valence-corrected chi connectivity index (χ1v) is 11.4. The van der Waals surface area contributed by atoms with Crippen molar-refractivity contribution in [1.29, 1.82) is 0 Å². The number of nitrogens with one attached hydrogen (secondary N) is 2. The highest BCUT2D eigenvalue weighted by Crippen LogP contribution is 2.35. The fraction of sp³-hybridized carbons (Fsp3) is 0.381. The van der Waals surface area contributed by atoms with Crippen LogP contribution >= 0.6 is 0 Å². The van der Waals surface area contributed by atoms with Gasteiger partial charge in [-0.05, 0) is 49.6 Å². The summed E-state index contributed by atoms with van der Waals surface area (Å²) in [6, 6.07) is 9.48. The van der Waals surface area contributed by atoms with Gasteiger partial charge in [0.05, 0.1) is 4.90 Å². The van der Waals surface area contributed by atoms with Crippen LogP contribution in [0.15, 0.2) is 41.3 Å². The van der Waals surface area contributed by atoms with E-state index in [0.717, 1.165) is 12.8 Å². The summed E-state index contributed by atoms with van der Waals surface area (Å²) in [6.07, 6.45) is 0.688. The van der Waals surface area contributed by atoms with Gasteiger partial charge in [0.2, 0.25) is 16.8 Å². The van der Waals surface area contributed by atoms with Crippen LogP contribution in [0.3, 0.4) is 0 Å². The average molecular weight is 448 g/mol. The van der Waals surface area contributed by atoms with E-state index in [2.05, 4.69) is 10.0 Å². The van der Waals surface area contributed by atoms with Crippen LogP contribution in [0.25, 0.3) is 0 Å². The van der Waals surface area contributed by atoms with Gasteiger partial charge in [-0.25, -0.2) is 13.1 Å². The fourth-order valence-corrected chi connectivity index (χ4v) is 4.36. The Hall–Kier alpha value is -2.82. The van der Waals surface area contributed by atoms with E-state index in [1.54, 1.807) is 31.2 Å². The highest BCUT2D eigenvalue weighted by atomic mass is 32.2. The molecule has 1 saturated carbocycles. The largest absolute Gasteiger partial charge is 0.491 e. The third-order valence-corrected chi connectivity index (χ3v) is 6.47. The Morgan fingerprint density at radius 2 is 1.97 bits per heavy atom. The lowest BCUT2D eigenvalue weighted by molar-refractivity contribution is 0.0843. The molecule has 3 N–H and O–H groups in total. The zero-order valence-electron chi connectivity index (χ0n) is 17.0. The molecule has 1 fully saturated rings. The monoisotopic (exact) mass is 448 g/mol. The number of amides is 1. The van der Waals surface area contributed by atoms with Gasteiger partial charge >= 0.3 is 0 Å². The second-order valence-corrected chi connectivity index (χ2v) is 9.28. The maximum atomic E-state index is 12.6. The lowest BCUT2D eigenvalue weighted by Gasteiger charge is -2.15. The maximum absolute atomic E-state index is 12.6. The molecule has 9 nitrogen and oxygen atoms in total. The van der Waals surface area contributed by atoms with Gasteiger partial charge < -0.3 is 24.6 Å². The molecule has 0 bridgehead atoms. The van der Waals surface area contributed by atoms with Crippen molar-refractivity contribution in [3.8, 4) is 17.2 Å². The van der Waals surface area contributed by atoms with Crippen LogP contribution in [-0.4, -0.2) is 51.5 Å². The van der Waals surface area contributed by atoms with E-state index >= 15 is 0 Å². The number of rotatable bonds is 9. The van der Waals surface area contributed by atoms with Crippen molar-refractivity contribution in [2.24, 2.45) is 0 Å². The molecule has 0 radical (unpaired) electrons. The summed E-state index contributed by atoms with van der Waals surface area (Å²) in [6.45, 7) is 1.78. The molecule has 1 heterocycles. The first-order chi connectivity index (χ1) is 14.8. The molecule has 0 spiro atoms. The summed E-state index contributed by atoms with van der Waals surface area (Å²) in [5.74, 6) is 1.24. The highest BCUT2D eigenvalue weighted by Gasteiger charge is 2.28. The number of sulfonamides is 1. The smallest absolute Gasteiger partial charge is 0.251 e. The van der Waals surface area contributed by atoms with Crippen LogP contribution in [0.1, 0.15) is 28.8 Å². The molecule has 1 aliphatic carbocycles. The average Bonchev–Trinajstić information content (AvgIpc) is 3.42. The predicted octanol–water partition coefficient (Wildman–Crippen LogP) is 1.33. The molecule has 1 aliphatic heterocycles. The van der Waals surface area contributed by atoms with Gasteiger partial charge in [0.1, 0.15) is 18.5 Å². The molecule has 1 unspecified atom stereocenters. The van der Waals surface area contributed by atoms with Gasteiger partial charge in [0.15, 0.2) is 11.5 Å². The van der Waals surface area contributed by atoms with Crippen molar-refractivity contribution in [3.63, 3.8) is 0 Å². The number of fused-ring (bicyclic) bond motifs is 1. The molecular weight excluding hydrogens is 424 g/mol. The zero-order valence-corrected chi connectivity index (χ0v) is 17.8. The molecule has 31 heavy (non-hydrogen) atoms. The van der Waals surface area contributed by atoms with Crippen LogP contribution in [0.5, 0.6) is 17.2 Å². The molecule has 10 heteroatoms. The fourth-order valence-electron chi connectivity index (χ4n) is 3.03. The van der Waals surface area contributed by atoms with Crippen molar-refractivity contribution < 1.29 is 32.5 Å². The summed E-state index contributed by atoms with van der Waals surface area (Å²) in [4.78, 5) is 12.6. The molecule has 1 amide bonds. The highest BCUT2D eigenvalue weighted by molar-refractivity contribution is 7.89. The Bertz CT molecular complexity index is 1080. The number of carbonyl (C=O) groups excluding carboxylic acids is 1. The first kappa shape index (κ1) is 21.4. The van der Waals surface area contributed by atoms with Gasteiger partial charge in [-0.3, -0.25) is 4.79 Å². The Balaban J connectivity index is 1.32. The Labute approximate surface area is 180 Å². The second kappa shape index (κ2) is 8.74. The van der Waals surface area contributed by atoms with Crippen LogP contribution in [0, 0.1) is 6.92 Å². The number of carbonyl (C=O) groups is 1. The lowest BCUT2D eigenvalue weighted by atomic mass is 10.1. The SMILES string of the molecule is Cc1ccc(S(=O)(=O)NC2CC2)cc1C(=O)NCC(O)COc1ccc2c(c1)OCO2.